The zero-order valence-electron chi connectivity index (χ0n) is 20.3. The summed E-state index contributed by atoms with van der Waals surface area (Å²) in [7, 11) is 1.75. The van der Waals surface area contributed by atoms with Gasteiger partial charge in [0.2, 0.25) is 5.95 Å². The maximum absolute atomic E-state index is 14.9. The van der Waals surface area contributed by atoms with E-state index >= 15 is 0 Å². The lowest BCUT2D eigenvalue weighted by Crippen LogP contribution is -2.35. The van der Waals surface area contributed by atoms with Gasteiger partial charge in [0.25, 0.3) is 0 Å². The minimum absolute atomic E-state index is 0.204. The minimum Gasteiger partial charge on any atom is -0.385 e. The zero-order valence-corrected chi connectivity index (χ0v) is 20.3. The first-order valence-corrected chi connectivity index (χ1v) is 12.4. The number of nitrogens with two attached hydrogens (primary N) is 1. The topological polar surface area (TPSA) is 63.4 Å². The van der Waals surface area contributed by atoms with Gasteiger partial charge < -0.3 is 20.7 Å². The Hall–Kier alpha value is -3.22. The molecule has 0 aliphatic carbocycles. The predicted octanol–water partition coefficient (Wildman–Crippen LogP) is 5.08. The third-order valence-electron chi connectivity index (χ3n) is 7.37. The van der Waals surface area contributed by atoms with Gasteiger partial charge in [-0.1, -0.05) is 49.0 Å². The van der Waals surface area contributed by atoms with Crippen molar-refractivity contribution < 1.29 is 9.13 Å². The number of benzene rings is 2. The van der Waals surface area contributed by atoms with Gasteiger partial charge in [-0.2, -0.15) is 4.39 Å². The molecular weight excluding hydrogens is 439 g/mol. The van der Waals surface area contributed by atoms with Gasteiger partial charge >= 0.3 is 0 Å². The highest BCUT2D eigenvalue weighted by Crippen LogP contribution is 2.35. The second-order valence-corrected chi connectivity index (χ2v) is 9.52. The molecule has 3 heterocycles. The van der Waals surface area contributed by atoms with Gasteiger partial charge in [-0.15, -0.1) is 0 Å². The average molecular weight is 473 g/mol. The van der Waals surface area contributed by atoms with E-state index in [4.69, 9.17) is 10.5 Å². The van der Waals surface area contributed by atoms with Crippen molar-refractivity contribution in [3.05, 3.63) is 77.7 Å². The molecule has 0 unspecified atom stereocenters. The number of hydrogen-bond donors (Lipinski definition) is 2. The molecule has 5 rings (SSSR count). The first kappa shape index (κ1) is 23.5. The predicted molar refractivity (Wildman–Crippen MR) is 141 cm³/mol. The van der Waals surface area contributed by atoms with Gasteiger partial charge in [0.15, 0.2) is 0 Å². The van der Waals surface area contributed by atoms with E-state index in [1.165, 1.54) is 11.1 Å². The number of nitrogen functional groups attached to an aromatic ring is 1. The maximum Gasteiger partial charge on any atom is 0.222 e. The SMILES string of the molecule is C=C1NCCc2cc(-c3cc(-c4ccc(C5CCN(CCOC)CC5)cc4)c(F)nc3N)ccc21. The van der Waals surface area contributed by atoms with E-state index in [-0.39, 0.29) is 5.82 Å². The van der Waals surface area contributed by atoms with Crippen molar-refractivity contribution in [3.8, 4) is 22.3 Å². The van der Waals surface area contributed by atoms with Crippen LogP contribution in [0.5, 0.6) is 0 Å². The number of pyridine rings is 1. The van der Waals surface area contributed by atoms with Crippen LogP contribution in [-0.4, -0.2) is 49.8 Å². The van der Waals surface area contributed by atoms with Crippen molar-refractivity contribution in [2.24, 2.45) is 0 Å². The van der Waals surface area contributed by atoms with Crippen molar-refractivity contribution in [3.63, 3.8) is 0 Å². The molecule has 2 aromatic carbocycles. The number of nitrogens with one attached hydrogen (secondary N) is 1. The second-order valence-electron chi connectivity index (χ2n) is 9.52. The minimum atomic E-state index is -0.541. The van der Waals surface area contributed by atoms with Crippen LogP contribution >= 0.6 is 0 Å². The van der Waals surface area contributed by atoms with Crippen LogP contribution in [0.3, 0.4) is 0 Å². The monoisotopic (exact) mass is 472 g/mol. The Morgan fingerprint density at radius 3 is 2.54 bits per heavy atom. The molecule has 0 bridgehead atoms. The quantitative estimate of drug-likeness (QED) is 0.490. The van der Waals surface area contributed by atoms with Gasteiger partial charge in [0, 0.05) is 42.6 Å². The van der Waals surface area contributed by atoms with Gasteiger partial charge in [-0.05, 0) is 66.6 Å². The summed E-state index contributed by atoms with van der Waals surface area (Å²) in [4.78, 5) is 6.52. The van der Waals surface area contributed by atoms with E-state index in [0.29, 0.717) is 11.5 Å². The molecule has 3 N–H and O–H groups in total. The van der Waals surface area contributed by atoms with Crippen molar-refractivity contribution in [1.82, 2.24) is 15.2 Å². The number of likely N-dealkylation sites (tertiary alicyclic amines) is 1. The van der Waals surface area contributed by atoms with E-state index < -0.39 is 5.95 Å². The summed E-state index contributed by atoms with van der Waals surface area (Å²) in [6, 6.07) is 16.3. The molecular formula is C29H33FN4O. The van der Waals surface area contributed by atoms with Crippen LogP contribution in [-0.2, 0) is 11.2 Å². The molecule has 6 heteroatoms. The lowest BCUT2D eigenvalue weighted by atomic mass is 9.88. The summed E-state index contributed by atoms with van der Waals surface area (Å²) in [5.74, 6) is 0.198. The first-order chi connectivity index (χ1) is 17.0. The molecule has 0 atom stereocenters. The number of nitrogens with zero attached hydrogens (tertiary/aromatic N) is 2. The van der Waals surface area contributed by atoms with Crippen LogP contribution in [0.2, 0.25) is 0 Å². The number of aromatic nitrogens is 1. The molecule has 1 fully saturated rings. The third-order valence-corrected chi connectivity index (χ3v) is 7.37. The second kappa shape index (κ2) is 10.2. The van der Waals surface area contributed by atoms with Crippen LogP contribution in [0.25, 0.3) is 28.0 Å². The largest absolute Gasteiger partial charge is 0.385 e. The third kappa shape index (κ3) is 4.95. The average Bonchev–Trinajstić information content (AvgIpc) is 2.88. The Labute approximate surface area is 206 Å². The number of fused-ring (bicyclic) bond motifs is 1. The van der Waals surface area contributed by atoms with Crippen LogP contribution in [0.15, 0.2) is 55.1 Å². The van der Waals surface area contributed by atoms with E-state index in [9.17, 15) is 4.39 Å². The Kier molecular flexibility index (Phi) is 6.84. The number of anilines is 1. The lowest BCUT2D eigenvalue weighted by Gasteiger charge is -2.32. The highest BCUT2D eigenvalue weighted by atomic mass is 19.1. The van der Waals surface area contributed by atoms with Gasteiger partial charge in [-0.25, -0.2) is 4.98 Å². The Bertz CT molecular complexity index is 1220. The number of halogens is 1. The highest BCUT2D eigenvalue weighted by Gasteiger charge is 2.21. The summed E-state index contributed by atoms with van der Waals surface area (Å²) in [6.07, 6.45) is 3.17. The maximum atomic E-state index is 14.9. The summed E-state index contributed by atoms with van der Waals surface area (Å²) < 4.78 is 20.1. The molecule has 2 aliphatic rings. The number of methoxy groups -OCH3 is 1. The molecule has 0 spiro atoms. The molecule has 35 heavy (non-hydrogen) atoms. The zero-order chi connectivity index (χ0) is 24.4. The van der Waals surface area contributed by atoms with Crippen molar-refractivity contribution in [2.45, 2.75) is 25.2 Å². The van der Waals surface area contributed by atoms with Crippen molar-refractivity contribution >= 4 is 11.5 Å². The van der Waals surface area contributed by atoms with Gasteiger partial charge in [0.1, 0.15) is 5.82 Å². The molecule has 1 aromatic heterocycles. The summed E-state index contributed by atoms with van der Waals surface area (Å²) in [6.45, 7) is 8.88. The lowest BCUT2D eigenvalue weighted by molar-refractivity contribution is 0.130. The smallest absolute Gasteiger partial charge is 0.222 e. The van der Waals surface area contributed by atoms with E-state index in [1.807, 2.05) is 24.3 Å². The summed E-state index contributed by atoms with van der Waals surface area (Å²) in [5.41, 5.74) is 13.7. The standard InChI is InChI=1S/C29H33FN4O/c1-19-25-8-7-23(17-24(25)9-12-32-19)27-18-26(28(30)33-29(27)31)22-5-3-20(4-6-22)21-10-13-34(14-11-21)15-16-35-2/h3-8,17-18,21,32H,1,9-16H2,2H3,(H2,31,33). The van der Waals surface area contributed by atoms with Gasteiger partial charge in [0.05, 0.1) is 6.61 Å². The fourth-order valence-electron chi connectivity index (χ4n) is 5.29. The molecule has 5 nitrogen and oxygen atoms in total. The molecule has 3 aromatic rings. The molecule has 2 aliphatic heterocycles. The fraction of sp³-hybridized carbons (Fsp3) is 0.345. The van der Waals surface area contributed by atoms with Crippen LogP contribution in [0.1, 0.15) is 35.4 Å². The van der Waals surface area contributed by atoms with Crippen molar-refractivity contribution in [1.29, 1.82) is 0 Å². The van der Waals surface area contributed by atoms with Gasteiger partial charge in [-0.3, -0.25) is 0 Å². The first-order valence-electron chi connectivity index (χ1n) is 12.4. The molecule has 182 valence electrons. The molecule has 0 amide bonds. The molecule has 0 saturated carbocycles. The Balaban J connectivity index is 1.37. The molecule has 1 saturated heterocycles. The highest BCUT2D eigenvalue weighted by molar-refractivity contribution is 5.81. The number of rotatable bonds is 6. The normalized spacial score (nSPS) is 16.7. The fourth-order valence-corrected chi connectivity index (χ4v) is 5.29. The van der Waals surface area contributed by atoms with Crippen LogP contribution < -0.4 is 11.1 Å². The number of piperidine rings is 1. The van der Waals surface area contributed by atoms with Crippen LogP contribution in [0, 0.1) is 5.95 Å². The molecule has 0 radical (unpaired) electrons. The Morgan fingerprint density at radius 1 is 1.06 bits per heavy atom. The summed E-state index contributed by atoms with van der Waals surface area (Å²) in [5, 5.41) is 3.30. The Morgan fingerprint density at radius 2 is 1.80 bits per heavy atom. The van der Waals surface area contributed by atoms with E-state index in [0.717, 1.165) is 80.0 Å². The number of ether oxygens (including phenoxy) is 1. The van der Waals surface area contributed by atoms with Crippen molar-refractivity contribution in [2.75, 3.05) is 45.6 Å². The van der Waals surface area contributed by atoms with E-state index in [2.05, 4.69) is 46.0 Å². The van der Waals surface area contributed by atoms with Crippen LogP contribution in [0.4, 0.5) is 10.2 Å². The summed E-state index contributed by atoms with van der Waals surface area (Å²) >= 11 is 0. The van der Waals surface area contributed by atoms with E-state index in [1.54, 1.807) is 7.11 Å². The number of hydrogen-bond acceptors (Lipinski definition) is 5.